The first-order valence-corrected chi connectivity index (χ1v) is 14.1. The van der Waals surface area contributed by atoms with Crippen LogP contribution in [0, 0.1) is 11.6 Å². The molecule has 0 spiro atoms. The number of urea groups is 1. The van der Waals surface area contributed by atoms with Crippen molar-refractivity contribution in [2.75, 3.05) is 43.2 Å². The van der Waals surface area contributed by atoms with E-state index >= 15 is 4.39 Å². The smallest absolute Gasteiger partial charge is 0.416 e. The molecule has 0 fully saturated rings. The van der Waals surface area contributed by atoms with Crippen LogP contribution < -0.4 is 37.3 Å². The van der Waals surface area contributed by atoms with Gasteiger partial charge in [-0.15, -0.1) is 0 Å². The molecule has 47 heavy (non-hydrogen) atoms. The molecule has 4 N–H and O–H groups in total. The van der Waals surface area contributed by atoms with Gasteiger partial charge in [0.25, 0.3) is 5.56 Å². The van der Waals surface area contributed by atoms with E-state index in [-0.39, 0.29) is 18.0 Å². The van der Waals surface area contributed by atoms with Gasteiger partial charge in [0, 0.05) is 24.8 Å². The number of hydrogen-bond donors (Lipinski definition) is 3. The quantitative estimate of drug-likeness (QED) is 0.248. The zero-order valence-corrected chi connectivity index (χ0v) is 25.2. The van der Waals surface area contributed by atoms with E-state index in [0.717, 1.165) is 25.3 Å². The van der Waals surface area contributed by atoms with E-state index in [1.807, 2.05) is 0 Å². The molecule has 16 heteroatoms. The summed E-state index contributed by atoms with van der Waals surface area (Å²) in [5, 5.41) is 5.29. The molecule has 0 aliphatic carbocycles. The van der Waals surface area contributed by atoms with Gasteiger partial charge in [-0.1, -0.05) is 12.1 Å². The fourth-order valence-electron chi connectivity index (χ4n) is 5.24. The first-order chi connectivity index (χ1) is 22.3. The summed E-state index contributed by atoms with van der Waals surface area (Å²) in [4.78, 5) is 46.1. The van der Waals surface area contributed by atoms with Gasteiger partial charge in [0.2, 0.25) is 0 Å². The van der Waals surface area contributed by atoms with Crippen LogP contribution in [0.25, 0.3) is 5.69 Å². The van der Waals surface area contributed by atoms with Crippen LogP contribution in [-0.4, -0.2) is 48.1 Å². The second-order valence-corrected chi connectivity index (χ2v) is 10.4. The fraction of sp³-hybridized carbons (Fsp3) is 0.226. The predicted molar refractivity (Wildman–Crippen MR) is 166 cm³/mol. The molecular formula is C31H28F5N7O4. The second kappa shape index (κ2) is 12.6. The molecule has 1 aliphatic rings. The van der Waals surface area contributed by atoms with Crippen molar-refractivity contribution in [2.45, 2.75) is 19.6 Å². The maximum Gasteiger partial charge on any atom is 0.416 e. The van der Waals surface area contributed by atoms with Gasteiger partial charge in [0.05, 0.1) is 48.5 Å². The lowest BCUT2D eigenvalue weighted by Crippen LogP contribution is -2.45. The van der Waals surface area contributed by atoms with E-state index in [0.29, 0.717) is 38.8 Å². The van der Waals surface area contributed by atoms with Gasteiger partial charge < -0.3 is 26.0 Å². The number of carbonyl (C=O) groups excluding carboxylic acids is 1. The Bertz CT molecular complexity index is 2040. The van der Waals surface area contributed by atoms with Crippen molar-refractivity contribution < 1.29 is 31.5 Å². The summed E-state index contributed by atoms with van der Waals surface area (Å²) >= 11 is 0. The zero-order valence-electron chi connectivity index (χ0n) is 25.2. The number of nitrogens with two attached hydrogens (primary N) is 1. The molecular weight excluding hydrogens is 629 g/mol. The summed E-state index contributed by atoms with van der Waals surface area (Å²) < 4.78 is 78.2. The van der Waals surface area contributed by atoms with E-state index in [1.165, 1.54) is 12.1 Å². The molecule has 2 amide bonds. The summed E-state index contributed by atoms with van der Waals surface area (Å²) in [6.45, 7) is 0.996. The summed E-state index contributed by atoms with van der Waals surface area (Å²) in [6, 6.07) is 10.2. The van der Waals surface area contributed by atoms with E-state index < -0.39 is 69.8 Å². The minimum absolute atomic E-state index is 0.0117. The molecule has 4 aromatic rings. The number of hydrogen-bond acceptors (Lipinski definition) is 7. The number of halogens is 5. The lowest BCUT2D eigenvalue weighted by Gasteiger charge is -2.28. The summed E-state index contributed by atoms with van der Waals surface area (Å²) in [5.74, 6) is -3.33. The molecule has 0 radical (unpaired) electrons. The SMILES string of the molecule is CCNC(=O)Nc1ccc2c(c1)N(C)CC(c1c(N)n(Cc3c(F)cccc3C(F)(F)F)c(=O)n(-c3cccc(OC)c3F)c1=O)=N2. The highest BCUT2D eigenvalue weighted by Crippen LogP contribution is 2.36. The van der Waals surface area contributed by atoms with Crippen molar-refractivity contribution in [1.82, 2.24) is 14.5 Å². The topological polar surface area (TPSA) is 136 Å². The summed E-state index contributed by atoms with van der Waals surface area (Å²) in [5.41, 5.74) is 1.92. The van der Waals surface area contributed by atoms with E-state index in [1.54, 1.807) is 37.1 Å². The first-order valence-electron chi connectivity index (χ1n) is 14.1. The molecule has 0 saturated heterocycles. The molecule has 0 atom stereocenters. The van der Waals surface area contributed by atoms with E-state index in [4.69, 9.17) is 10.5 Å². The first kappa shape index (κ1) is 32.7. The molecule has 2 heterocycles. The van der Waals surface area contributed by atoms with Gasteiger partial charge in [0.1, 0.15) is 17.2 Å². The minimum Gasteiger partial charge on any atom is -0.494 e. The lowest BCUT2D eigenvalue weighted by atomic mass is 10.1. The number of nitrogen functional groups attached to an aromatic ring is 1. The largest absolute Gasteiger partial charge is 0.494 e. The number of nitrogens with one attached hydrogen (secondary N) is 2. The number of rotatable bonds is 7. The van der Waals surface area contributed by atoms with Crippen LogP contribution in [0.4, 0.5) is 49.6 Å². The number of amides is 2. The van der Waals surface area contributed by atoms with Gasteiger partial charge in [-0.3, -0.25) is 9.36 Å². The number of benzene rings is 3. The Morgan fingerprint density at radius 1 is 1.06 bits per heavy atom. The zero-order chi connectivity index (χ0) is 34.2. The Morgan fingerprint density at radius 2 is 1.79 bits per heavy atom. The normalized spacial score (nSPS) is 12.8. The predicted octanol–water partition coefficient (Wildman–Crippen LogP) is 4.65. The highest BCUT2D eigenvalue weighted by Gasteiger charge is 2.35. The number of methoxy groups -OCH3 is 1. The molecule has 0 unspecified atom stereocenters. The monoisotopic (exact) mass is 657 g/mol. The Labute approximate surface area is 263 Å². The highest BCUT2D eigenvalue weighted by molar-refractivity contribution is 6.10. The van der Waals surface area contributed by atoms with E-state index in [2.05, 4.69) is 15.6 Å². The minimum atomic E-state index is -5.00. The molecule has 1 aromatic heterocycles. The number of carbonyl (C=O) groups is 1. The second-order valence-electron chi connectivity index (χ2n) is 10.4. The van der Waals surface area contributed by atoms with Crippen LogP contribution in [-0.2, 0) is 12.7 Å². The van der Waals surface area contributed by atoms with Crippen LogP contribution in [0.15, 0.2) is 69.2 Å². The number of likely N-dealkylation sites (N-methyl/N-ethyl adjacent to an activating group) is 1. The third-order valence-corrected chi connectivity index (χ3v) is 7.44. The van der Waals surface area contributed by atoms with Gasteiger partial charge in [0.15, 0.2) is 11.6 Å². The summed E-state index contributed by atoms with van der Waals surface area (Å²) in [7, 11) is 2.81. The van der Waals surface area contributed by atoms with Crippen LogP contribution in [0.1, 0.15) is 23.6 Å². The Morgan fingerprint density at radius 3 is 2.47 bits per heavy atom. The lowest BCUT2D eigenvalue weighted by molar-refractivity contribution is -0.138. The average Bonchev–Trinajstić information content (AvgIpc) is 3.00. The fourth-order valence-corrected chi connectivity index (χ4v) is 5.24. The standard InChI is InChI=1S/C31H28F5N7O4/c1-4-38-29(45)39-16-11-12-20-23(13-16)41(2)15-21(40-20)25-27(37)42(14-17-18(31(34,35)36)7-5-8-19(17)32)30(46)43(28(25)44)22-9-6-10-24(47-3)26(22)33/h5-13H,4,14-15,37H2,1-3H3,(H2,38,39,45). The number of nitrogens with zero attached hydrogens (tertiary/aromatic N) is 4. The Kier molecular flexibility index (Phi) is 8.78. The van der Waals surface area contributed by atoms with Crippen molar-refractivity contribution in [3.63, 3.8) is 0 Å². The van der Waals surface area contributed by atoms with Crippen molar-refractivity contribution in [2.24, 2.45) is 4.99 Å². The maximum absolute atomic E-state index is 15.5. The summed E-state index contributed by atoms with van der Waals surface area (Å²) in [6.07, 6.45) is -5.00. The van der Waals surface area contributed by atoms with Crippen molar-refractivity contribution in [1.29, 1.82) is 0 Å². The van der Waals surface area contributed by atoms with Crippen molar-refractivity contribution in [3.8, 4) is 11.4 Å². The highest BCUT2D eigenvalue weighted by atomic mass is 19.4. The molecule has 0 saturated carbocycles. The third kappa shape index (κ3) is 6.13. The molecule has 11 nitrogen and oxygen atoms in total. The van der Waals surface area contributed by atoms with Gasteiger partial charge in [-0.25, -0.2) is 27.9 Å². The Balaban J connectivity index is 1.76. The van der Waals surface area contributed by atoms with Crippen LogP contribution in [0.3, 0.4) is 0 Å². The maximum atomic E-state index is 15.5. The molecule has 3 aromatic carbocycles. The molecule has 5 rings (SSSR count). The van der Waals surface area contributed by atoms with Crippen molar-refractivity contribution >= 4 is 34.6 Å². The molecule has 1 aliphatic heterocycles. The third-order valence-electron chi connectivity index (χ3n) is 7.44. The van der Waals surface area contributed by atoms with Crippen LogP contribution in [0.5, 0.6) is 5.75 Å². The van der Waals surface area contributed by atoms with Gasteiger partial charge >= 0.3 is 17.9 Å². The molecule has 0 bridgehead atoms. The van der Waals surface area contributed by atoms with Crippen LogP contribution in [0.2, 0.25) is 0 Å². The number of alkyl halides is 3. The van der Waals surface area contributed by atoms with Gasteiger partial charge in [-0.2, -0.15) is 13.2 Å². The average molecular weight is 658 g/mol. The van der Waals surface area contributed by atoms with E-state index in [9.17, 15) is 31.9 Å². The number of ether oxygens (including phenoxy) is 1. The number of aliphatic imine (C=N–C) groups is 1. The van der Waals surface area contributed by atoms with Crippen LogP contribution >= 0.6 is 0 Å². The van der Waals surface area contributed by atoms with Gasteiger partial charge in [-0.05, 0) is 49.4 Å². The van der Waals surface area contributed by atoms with Crippen molar-refractivity contribution in [3.05, 3.63) is 104 Å². The number of aromatic nitrogens is 2. The molecule has 246 valence electrons. The number of fused-ring (bicyclic) bond motifs is 1. The number of anilines is 3. The Hall–Kier alpha value is -5.67.